The highest BCUT2D eigenvalue weighted by atomic mass is 16.4. The maximum atomic E-state index is 11.1. The van der Waals surface area contributed by atoms with E-state index in [1.165, 1.54) is 25.7 Å². The molecule has 0 saturated heterocycles. The minimum atomic E-state index is -0.968. The highest BCUT2D eigenvalue weighted by Gasteiger charge is 2.23. The van der Waals surface area contributed by atoms with Crippen molar-refractivity contribution >= 4 is 17.3 Å². The van der Waals surface area contributed by atoms with Crippen molar-refractivity contribution in [3.05, 3.63) is 23.8 Å². The maximum Gasteiger partial charge on any atom is 0.337 e. The number of hydrogen-bond acceptors (Lipinski definition) is 3. The first kappa shape index (κ1) is 13.7. The fourth-order valence-corrected chi connectivity index (χ4v) is 2.91. The Balaban J connectivity index is 2.21. The van der Waals surface area contributed by atoms with E-state index in [-0.39, 0.29) is 5.56 Å². The smallest absolute Gasteiger partial charge is 0.337 e. The average molecular weight is 262 g/mol. The molecule has 104 valence electrons. The molecule has 4 heteroatoms. The summed E-state index contributed by atoms with van der Waals surface area (Å²) in [7, 11) is 2.04. The van der Waals surface area contributed by atoms with Gasteiger partial charge in [0.25, 0.3) is 0 Å². The largest absolute Gasteiger partial charge is 0.478 e. The van der Waals surface area contributed by atoms with Gasteiger partial charge in [0.15, 0.2) is 0 Å². The Labute approximate surface area is 114 Å². The van der Waals surface area contributed by atoms with Gasteiger partial charge >= 0.3 is 5.97 Å². The second-order valence-electron chi connectivity index (χ2n) is 5.61. The number of anilines is 2. The molecule has 2 atom stereocenters. The summed E-state index contributed by atoms with van der Waals surface area (Å²) >= 11 is 0. The van der Waals surface area contributed by atoms with Crippen LogP contribution in [0.5, 0.6) is 0 Å². The Kier molecular flexibility index (Phi) is 3.98. The maximum absolute atomic E-state index is 11.1. The van der Waals surface area contributed by atoms with Crippen LogP contribution >= 0.6 is 0 Å². The summed E-state index contributed by atoms with van der Waals surface area (Å²) < 4.78 is 0. The van der Waals surface area contributed by atoms with Crippen molar-refractivity contribution in [3.63, 3.8) is 0 Å². The molecule has 1 aromatic rings. The average Bonchev–Trinajstić information content (AvgIpc) is 2.38. The molecule has 3 N–H and O–H groups in total. The number of hydrogen-bond donors (Lipinski definition) is 2. The topological polar surface area (TPSA) is 66.6 Å². The Bertz CT molecular complexity index is 473. The third-order valence-corrected chi connectivity index (χ3v) is 4.13. The van der Waals surface area contributed by atoms with Crippen LogP contribution in [0.25, 0.3) is 0 Å². The predicted molar refractivity (Wildman–Crippen MR) is 77.6 cm³/mol. The minimum Gasteiger partial charge on any atom is -0.478 e. The van der Waals surface area contributed by atoms with Crippen LogP contribution in [0.3, 0.4) is 0 Å². The minimum absolute atomic E-state index is 0.188. The van der Waals surface area contributed by atoms with Gasteiger partial charge in [-0.3, -0.25) is 0 Å². The van der Waals surface area contributed by atoms with Crippen LogP contribution in [-0.2, 0) is 0 Å². The van der Waals surface area contributed by atoms with Crippen molar-refractivity contribution < 1.29 is 9.90 Å². The van der Waals surface area contributed by atoms with Crippen LogP contribution in [-0.4, -0.2) is 24.2 Å². The molecule has 0 aromatic heterocycles. The highest BCUT2D eigenvalue weighted by molar-refractivity contribution is 5.94. The lowest BCUT2D eigenvalue weighted by Crippen LogP contribution is -2.35. The summed E-state index contributed by atoms with van der Waals surface area (Å²) in [6, 6.07) is 5.76. The number of carbonyl (C=O) groups is 1. The van der Waals surface area contributed by atoms with Crippen molar-refractivity contribution in [2.75, 3.05) is 17.7 Å². The van der Waals surface area contributed by atoms with E-state index in [4.69, 9.17) is 10.8 Å². The number of nitrogens with zero attached hydrogens (tertiary/aromatic N) is 1. The molecule has 0 heterocycles. The van der Waals surface area contributed by atoms with Crippen LogP contribution in [0, 0.1) is 5.92 Å². The van der Waals surface area contributed by atoms with Crippen molar-refractivity contribution in [1.29, 1.82) is 0 Å². The van der Waals surface area contributed by atoms with E-state index >= 15 is 0 Å². The summed E-state index contributed by atoms with van der Waals surface area (Å²) in [6.07, 6.45) is 4.89. The van der Waals surface area contributed by atoms with E-state index in [2.05, 4.69) is 11.8 Å². The Hall–Kier alpha value is -1.71. The van der Waals surface area contributed by atoms with Crippen LogP contribution < -0.4 is 10.6 Å². The lowest BCUT2D eigenvalue weighted by atomic mass is 9.86. The van der Waals surface area contributed by atoms with E-state index in [1.54, 1.807) is 12.1 Å². The van der Waals surface area contributed by atoms with Gasteiger partial charge in [-0.25, -0.2) is 4.79 Å². The van der Waals surface area contributed by atoms with Crippen molar-refractivity contribution in [3.8, 4) is 0 Å². The third-order valence-electron chi connectivity index (χ3n) is 4.13. The van der Waals surface area contributed by atoms with Gasteiger partial charge in [-0.1, -0.05) is 19.8 Å². The molecule has 0 aliphatic heterocycles. The number of nitrogen functional groups attached to an aromatic ring is 1. The Morgan fingerprint density at radius 1 is 1.42 bits per heavy atom. The SMILES string of the molecule is CC1CCCC(N(C)c2ccc(N)c(C(=O)O)c2)C1. The van der Waals surface area contributed by atoms with Gasteiger partial charge in [0, 0.05) is 24.5 Å². The Morgan fingerprint density at radius 2 is 2.16 bits per heavy atom. The van der Waals surface area contributed by atoms with E-state index in [9.17, 15) is 4.79 Å². The molecule has 1 aromatic carbocycles. The second-order valence-corrected chi connectivity index (χ2v) is 5.61. The van der Waals surface area contributed by atoms with Crippen LogP contribution in [0.2, 0.25) is 0 Å². The lowest BCUT2D eigenvalue weighted by molar-refractivity contribution is 0.0698. The second kappa shape index (κ2) is 5.51. The van der Waals surface area contributed by atoms with E-state index < -0.39 is 5.97 Å². The van der Waals surface area contributed by atoms with Gasteiger partial charge in [0.2, 0.25) is 0 Å². The van der Waals surface area contributed by atoms with Gasteiger partial charge in [-0.2, -0.15) is 0 Å². The van der Waals surface area contributed by atoms with Gasteiger partial charge in [0.1, 0.15) is 0 Å². The normalized spacial score (nSPS) is 23.1. The van der Waals surface area contributed by atoms with Crippen LogP contribution in [0.15, 0.2) is 18.2 Å². The molecule has 4 nitrogen and oxygen atoms in total. The zero-order valence-electron chi connectivity index (χ0n) is 11.6. The summed E-state index contributed by atoms with van der Waals surface area (Å²) in [5, 5.41) is 9.13. The zero-order chi connectivity index (χ0) is 14.0. The predicted octanol–water partition coefficient (Wildman–Crippen LogP) is 2.98. The van der Waals surface area contributed by atoms with Crippen molar-refractivity contribution in [1.82, 2.24) is 0 Å². The first-order chi connectivity index (χ1) is 8.99. The van der Waals surface area contributed by atoms with Gasteiger partial charge < -0.3 is 15.7 Å². The number of carboxylic acids is 1. The number of benzene rings is 1. The lowest BCUT2D eigenvalue weighted by Gasteiger charge is -2.35. The molecular formula is C15H22N2O2. The summed E-state index contributed by atoms with van der Waals surface area (Å²) in [4.78, 5) is 13.3. The van der Waals surface area contributed by atoms with Crippen molar-refractivity contribution in [2.24, 2.45) is 5.92 Å². The summed E-state index contributed by atoms with van der Waals surface area (Å²) in [6.45, 7) is 2.28. The number of aromatic carboxylic acids is 1. The molecule has 1 saturated carbocycles. The summed E-state index contributed by atoms with van der Waals surface area (Å²) in [5.74, 6) is -0.223. The molecule has 0 radical (unpaired) electrons. The third kappa shape index (κ3) is 3.00. The molecule has 0 amide bonds. The van der Waals surface area contributed by atoms with Gasteiger partial charge in [-0.05, 0) is 37.0 Å². The van der Waals surface area contributed by atoms with Crippen molar-refractivity contribution in [2.45, 2.75) is 38.6 Å². The van der Waals surface area contributed by atoms with Gasteiger partial charge in [0.05, 0.1) is 5.56 Å². The molecule has 0 bridgehead atoms. The molecule has 0 spiro atoms. The molecule has 19 heavy (non-hydrogen) atoms. The van der Waals surface area contributed by atoms with Crippen LogP contribution in [0.1, 0.15) is 43.0 Å². The standard InChI is InChI=1S/C15H22N2O2/c1-10-4-3-5-11(8-10)17(2)12-6-7-14(16)13(9-12)15(18)19/h6-7,9-11H,3-5,8,16H2,1-2H3,(H,18,19). The molecule has 2 rings (SSSR count). The molecule has 1 fully saturated rings. The first-order valence-corrected chi connectivity index (χ1v) is 6.84. The van der Waals surface area contributed by atoms with E-state index in [0.717, 1.165) is 11.6 Å². The van der Waals surface area contributed by atoms with E-state index in [0.29, 0.717) is 11.7 Å². The molecule has 1 aliphatic carbocycles. The molecular weight excluding hydrogens is 240 g/mol. The number of carboxylic acid groups (broad SMARTS) is 1. The number of nitrogens with two attached hydrogens (primary N) is 1. The highest BCUT2D eigenvalue weighted by Crippen LogP contribution is 2.30. The molecule has 2 unspecified atom stereocenters. The van der Waals surface area contributed by atoms with Gasteiger partial charge in [-0.15, -0.1) is 0 Å². The fraction of sp³-hybridized carbons (Fsp3) is 0.533. The van der Waals surface area contributed by atoms with E-state index in [1.807, 2.05) is 13.1 Å². The molecule has 1 aliphatic rings. The number of rotatable bonds is 3. The monoisotopic (exact) mass is 262 g/mol. The van der Waals surface area contributed by atoms with Crippen LogP contribution in [0.4, 0.5) is 11.4 Å². The first-order valence-electron chi connectivity index (χ1n) is 6.84. The Morgan fingerprint density at radius 3 is 2.79 bits per heavy atom. The fourth-order valence-electron chi connectivity index (χ4n) is 2.91. The summed E-state index contributed by atoms with van der Waals surface area (Å²) in [5.41, 5.74) is 7.14. The zero-order valence-corrected chi connectivity index (χ0v) is 11.6. The quantitative estimate of drug-likeness (QED) is 0.822.